The number of amides is 1. The molecule has 2 aromatic rings. The van der Waals surface area contributed by atoms with Crippen molar-refractivity contribution in [1.82, 2.24) is 5.32 Å². The monoisotopic (exact) mass is 446 g/mol. The third-order valence-corrected chi connectivity index (χ3v) is 4.19. The lowest BCUT2D eigenvalue weighted by molar-refractivity contribution is -0.991. The zero-order valence-electron chi connectivity index (χ0n) is 17.9. The van der Waals surface area contributed by atoms with Crippen LogP contribution in [-0.2, 0) is 25.5 Å². The Labute approximate surface area is 184 Å². The number of rotatable bonds is 8. The normalized spacial score (nSPS) is 14.0. The van der Waals surface area contributed by atoms with E-state index in [0.29, 0.717) is 5.56 Å². The number of ether oxygens (including phenoxy) is 2. The van der Waals surface area contributed by atoms with Crippen molar-refractivity contribution in [3.05, 3.63) is 70.9 Å². The zero-order valence-corrected chi connectivity index (χ0v) is 17.9. The van der Waals surface area contributed by atoms with Crippen LogP contribution in [0, 0.1) is 5.21 Å². The van der Waals surface area contributed by atoms with Gasteiger partial charge in [-0.1, -0.05) is 42.5 Å². The van der Waals surface area contributed by atoms with Crippen LogP contribution in [0.25, 0.3) is 0 Å². The minimum atomic E-state index is -1.72. The fourth-order valence-electron chi connectivity index (χ4n) is 2.85. The number of carboxylic acid groups (broad SMARTS) is 1. The second-order valence-corrected chi connectivity index (χ2v) is 7.94. The maximum absolute atomic E-state index is 12.7. The van der Waals surface area contributed by atoms with Crippen LogP contribution < -0.4 is 10.5 Å². The molecule has 0 heterocycles. The van der Waals surface area contributed by atoms with Crippen LogP contribution in [0.5, 0.6) is 0 Å². The standard InChI is InChI=1S/C22H26N2O8/c1-22(2,3)32-20(27)18(15-11-7-8-12-17(15)24(29)30)31-21(28)23-16(19(25)26)13-14-9-5-4-6-10-14/h4-12,16,18,24,29H,13H2,1-3H3,(H,23,28)(H,25,26)/t16-,18?/m0/s1. The molecule has 4 N–H and O–H groups in total. The number of nitrogens with one attached hydrogen (secondary N) is 2. The molecule has 32 heavy (non-hydrogen) atoms. The quantitative estimate of drug-likeness (QED) is 0.355. The molecule has 0 bridgehead atoms. The predicted octanol–water partition coefficient (Wildman–Crippen LogP) is 1.89. The summed E-state index contributed by atoms with van der Waals surface area (Å²) >= 11 is 0. The van der Waals surface area contributed by atoms with Gasteiger partial charge in [-0.2, -0.15) is 5.23 Å². The van der Waals surface area contributed by atoms with Crippen LogP contribution in [0.1, 0.15) is 38.0 Å². The predicted molar refractivity (Wildman–Crippen MR) is 112 cm³/mol. The average molecular weight is 446 g/mol. The van der Waals surface area contributed by atoms with Gasteiger partial charge in [-0.15, -0.1) is 0 Å². The van der Waals surface area contributed by atoms with E-state index < -0.39 is 41.0 Å². The molecule has 10 heteroatoms. The molecule has 0 fully saturated rings. The lowest BCUT2D eigenvalue weighted by Crippen LogP contribution is -2.99. The van der Waals surface area contributed by atoms with Gasteiger partial charge in [0.2, 0.25) is 6.10 Å². The molecule has 0 saturated heterocycles. The summed E-state index contributed by atoms with van der Waals surface area (Å²) in [6.45, 7) is 4.81. The molecule has 0 radical (unpaired) electrons. The van der Waals surface area contributed by atoms with Crippen molar-refractivity contribution in [3.63, 3.8) is 0 Å². The molecule has 10 nitrogen and oxygen atoms in total. The summed E-state index contributed by atoms with van der Waals surface area (Å²) in [5, 5.41) is 31.4. The van der Waals surface area contributed by atoms with Crippen LogP contribution in [0.4, 0.5) is 10.5 Å². The fraction of sp³-hybridized carbons (Fsp3) is 0.318. The Balaban J connectivity index is 2.27. The Hall–Kier alpha value is -3.47. The Morgan fingerprint density at radius 3 is 2.22 bits per heavy atom. The Morgan fingerprint density at radius 1 is 1.06 bits per heavy atom. The highest BCUT2D eigenvalue weighted by Gasteiger charge is 2.34. The van der Waals surface area contributed by atoms with Crippen LogP contribution in [0.15, 0.2) is 54.6 Å². The van der Waals surface area contributed by atoms with Crippen molar-refractivity contribution in [1.29, 1.82) is 0 Å². The van der Waals surface area contributed by atoms with Gasteiger partial charge < -0.3 is 25.1 Å². The molecule has 3 atom stereocenters. The van der Waals surface area contributed by atoms with Crippen molar-refractivity contribution in [2.45, 2.75) is 44.9 Å². The maximum atomic E-state index is 12.7. The number of quaternary nitrogens is 1. The number of para-hydroxylation sites is 1. The van der Waals surface area contributed by atoms with Gasteiger partial charge >= 0.3 is 18.0 Å². The van der Waals surface area contributed by atoms with E-state index in [1.54, 1.807) is 51.1 Å². The highest BCUT2D eigenvalue weighted by molar-refractivity contribution is 5.84. The lowest BCUT2D eigenvalue weighted by Gasteiger charge is -2.26. The van der Waals surface area contributed by atoms with Gasteiger partial charge in [-0.3, -0.25) is 0 Å². The van der Waals surface area contributed by atoms with Crippen molar-refractivity contribution in [2.24, 2.45) is 0 Å². The Kier molecular flexibility index (Phi) is 8.30. The maximum Gasteiger partial charge on any atom is 0.409 e. The number of carbonyl (C=O) groups excluding carboxylic acids is 2. The molecular weight excluding hydrogens is 420 g/mol. The van der Waals surface area contributed by atoms with E-state index in [9.17, 15) is 29.9 Å². The minimum Gasteiger partial charge on any atom is -0.595 e. The van der Waals surface area contributed by atoms with E-state index in [1.165, 1.54) is 24.3 Å². The summed E-state index contributed by atoms with van der Waals surface area (Å²) in [6, 6.07) is 12.8. The van der Waals surface area contributed by atoms with Gasteiger partial charge in [-0.05, 0) is 32.4 Å². The summed E-state index contributed by atoms with van der Waals surface area (Å²) < 4.78 is 10.5. The van der Waals surface area contributed by atoms with Crippen molar-refractivity contribution >= 4 is 23.7 Å². The molecule has 2 aromatic carbocycles. The number of hydrogen-bond acceptors (Lipinski definition) is 7. The van der Waals surface area contributed by atoms with Gasteiger partial charge in [0.15, 0.2) is 5.69 Å². The number of alkyl carbamates (subject to hydrolysis) is 1. The summed E-state index contributed by atoms with van der Waals surface area (Å²) in [5.74, 6) is -2.29. The van der Waals surface area contributed by atoms with E-state index in [0.717, 1.165) is 0 Å². The number of hydrogen-bond donors (Lipinski definition) is 4. The van der Waals surface area contributed by atoms with Gasteiger partial charge in [-0.25, -0.2) is 19.6 Å². The van der Waals surface area contributed by atoms with E-state index in [-0.39, 0.29) is 17.7 Å². The van der Waals surface area contributed by atoms with Gasteiger partial charge in [0.25, 0.3) is 0 Å². The molecular formula is C22H26N2O8. The molecule has 0 saturated carbocycles. The first-order valence-electron chi connectivity index (χ1n) is 9.77. The van der Waals surface area contributed by atoms with Crippen LogP contribution >= 0.6 is 0 Å². The van der Waals surface area contributed by atoms with E-state index in [2.05, 4.69) is 5.32 Å². The molecule has 0 aliphatic heterocycles. The molecule has 172 valence electrons. The lowest BCUT2D eigenvalue weighted by atomic mass is 10.1. The first kappa shape index (κ1) is 24.8. The fourth-order valence-corrected chi connectivity index (χ4v) is 2.85. The molecule has 0 aliphatic rings. The first-order valence-corrected chi connectivity index (χ1v) is 9.77. The summed E-state index contributed by atoms with van der Waals surface area (Å²) in [7, 11) is 0. The first-order chi connectivity index (χ1) is 15.0. The van der Waals surface area contributed by atoms with E-state index in [4.69, 9.17) is 9.47 Å². The zero-order chi connectivity index (χ0) is 23.9. The van der Waals surface area contributed by atoms with Gasteiger partial charge in [0.05, 0.1) is 5.56 Å². The third-order valence-electron chi connectivity index (χ3n) is 4.19. The SMILES string of the molecule is CC(C)(C)OC(=O)C(OC(=O)N[C@@H](Cc1ccccc1)C(=O)O)c1ccccc1[NH+]([O-])O. The molecule has 0 aromatic heterocycles. The van der Waals surface area contributed by atoms with Crippen molar-refractivity contribution < 1.29 is 39.4 Å². The number of esters is 1. The topological polar surface area (TPSA) is 150 Å². The van der Waals surface area contributed by atoms with Crippen molar-refractivity contribution in [2.75, 3.05) is 0 Å². The minimum absolute atomic E-state index is 0.0198. The Bertz CT molecular complexity index is 940. The average Bonchev–Trinajstić information content (AvgIpc) is 2.71. The molecule has 0 aliphatic carbocycles. The molecule has 2 rings (SSSR count). The van der Waals surface area contributed by atoms with Gasteiger partial charge in [0, 0.05) is 12.5 Å². The van der Waals surface area contributed by atoms with E-state index >= 15 is 0 Å². The second-order valence-electron chi connectivity index (χ2n) is 7.94. The smallest absolute Gasteiger partial charge is 0.409 e. The highest BCUT2D eigenvalue weighted by atomic mass is 16.8. The molecule has 0 spiro atoms. The largest absolute Gasteiger partial charge is 0.595 e. The number of benzene rings is 2. The van der Waals surface area contributed by atoms with Crippen LogP contribution in [0.3, 0.4) is 0 Å². The Morgan fingerprint density at radius 2 is 1.66 bits per heavy atom. The summed E-state index contributed by atoms with van der Waals surface area (Å²) in [5.41, 5.74) is -0.626. The number of carboxylic acids is 1. The van der Waals surface area contributed by atoms with Gasteiger partial charge in [0.1, 0.15) is 11.6 Å². The number of aliphatic carboxylic acids is 1. The highest BCUT2D eigenvalue weighted by Crippen LogP contribution is 2.27. The third kappa shape index (κ3) is 7.34. The second kappa shape index (κ2) is 10.7. The molecule has 2 unspecified atom stereocenters. The van der Waals surface area contributed by atoms with Crippen LogP contribution in [-0.4, -0.2) is 40.0 Å². The number of carbonyl (C=O) groups is 3. The van der Waals surface area contributed by atoms with Crippen LogP contribution in [0.2, 0.25) is 0 Å². The van der Waals surface area contributed by atoms with Crippen molar-refractivity contribution in [3.8, 4) is 0 Å². The van der Waals surface area contributed by atoms with E-state index in [1.807, 2.05) is 0 Å². The summed E-state index contributed by atoms with van der Waals surface area (Å²) in [6.07, 6.45) is -2.94. The summed E-state index contributed by atoms with van der Waals surface area (Å²) in [4.78, 5) is 36.9. The molecule has 1 amide bonds.